The highest BCUT2D eigenvalue weighted by atomic mass is 16.2. The van der Waals surface area contributed by atoms with Crippen molar-refractivity contribution < 1.29 is 4.79 Å². The summed E-state index contributed by atoms with van der Waals surface area (Å²) >= 11 is 0. The summed E-state index contributed by atoms with van der Waals surface area (Å²) in [6.07, 6.45) is 3.21. The Balaban J connectivity index is 1.64. The Morgan fingerprint density at radius 3 is 2.91 bits per heavy atom. The molecule has 1 aliphatic heterocycles. The summed E-state index contributed by atoms with van der Waals surface area (Å²) in [6.45, 7) is 2.61. The van der Waals surface area contributed by atoms with Crippen LogP contribution in [0.15, 0.2) is 30.3 Å². The zero-order valence-corrected chi connectivity index (χ0v) is 12.5. The van der Waals surface area contributed by atoms with E-state index in [1.807, 2.05) is 30.0 Å². The second-order valence-electron chi connectivity index (χ2n) is 5.97. The van der Waals surface area contributed by atoms with Gasteiger partial charge in [0.05, 0.1) is 0 Å². The zero-order chi connectivity index (χ0) is 15.1. The Labute approximate surface area is 129 Å². The molecule has 2 aromatic rings. The van der Waals surface area contributed by atoms with Crippen LogP contribution in [0.1, 0.15) is 34.6 Å². The molecule has 1 saturated carbocycles. The maximum Gasteiger partial charge on any atom is 0.277 e. The van der Waals surface area contributed by atoms with Crippen molar-refractivity contribution in [2.45, 2.75) is 32.2 Å². The van der Waals surface area contributed by atoms with Crippen molar-refractivity contribution in [3.8, 4) is 0 Å². The largest absolute Gasteiger partial charge is 0.351 e. The van der Waals surface area contributed by atoms with Crippen molar-refractivity contribution in [3.05, 3.63) is 47.3 Å². The van der Waals surface area contributed by atoms with Gasteiger partial charge in [0.1, 0.15) is 5.69 Å². The summed E-state index contributed by atoms with van der Waals surface area (Å²) in [7, 11) is 0. The maximum atomic E-state index is 12.8. The number of benzene rings is 1. The first-order chi connectivity index (χ1) is 10.7. The number of aromatic nitrogens is 2. The number of rotatable bonds is 3. The molecular weight excluding hydrogens is 276 g/mol. The lowest BCUT2D eigenvalue weighted by molar-refractivity contribution is 0.0984. The fourth-order valence-electron chi connectivity index (χ4n) is 2.84. The molecule has 5 nitrogen and oxygen atoms in total. The van der Waals surface area contributed by atoms with E-state index in [0.717, 1.165) is 30.6 Å². The number of hydrogen-bond donors (Lipinski definition) is 1. The summed E-state index contributed by atoms with van der Waals surface area (Å²) in [5, 5.41) is 3.27. The van der Waals surface area contributed by atoms with Gasteiger partial charge in [-0.15, -0.1) is 0 Å². The minimum Gasteiger partial charge on any atom is -0.351 e. The second kappa shape index (κ2) is 5.09. The molecule has 112 valence electrons. The first kappa shape index (κ1) is 13.2. The molecule has 0 bridgehead atoms. The van der Waals surface area contributed by atoms with Crippen molar-refractivity contribution in [2.24, 2.45) is 0 Å². The molecular formula is C17H18N4O. The topological polar surface area (TPSA) is 58.1 Å². The summed E-state index contributed by atoms with van der Waals surface area (Å²) in [5.41, 5.74) is 3.50. The average molecular weight is 294 g/mol. The van der Waals surface area contributed by atoms with Crippen LogP contribution >= 0.6 is 0 Å². The lowest BCUT2D eigenvalue weighted by Crippen LogP contribution is -2.30. The molecule has 22 heavy (non-hydrogen) atoms. The van der Waals surface area contributed by atoms with Gasteiger partial charge in [0.15, 0.2) is 0 Å². The lowest BCUT2D eigenvalue weighted by atomic mass is 10.2. The van der Waals surface area contributed by atoms with E-state index in [1.54, 1.807) is 6.07 Å². The predicted octanol–water partition coefficient (Wildman–Crippen LogP) is 2.56. The number of carbonyl (C=O) groups excluding carboxylic acids is 1. The molecule has 1 aromatic heterocycles. The van der Waals surface area contributed by atoms with E-state index in [2.05, 4.69) is 21.4 Å². The van der Waals surface area contributed by atoms with Crippen LogP contribution in [0.5, 0.6) is 0 Å². The first-order valence-electron chi connectivity index (χ1n) is 7.73. The standard InChI is InChI=1S/C17H18N4O/c1-11-10-14(20-17(18-11)19-13-6-7-13)16(22)21-9-8-12-4-2-3-5-15(12)21/h2-5,10,13H,6-9H2,1H3,(H,18,19,20). The number of fused-ring (bicyclic) bond motifs is 1. The number of carbonyl (C=O) groups is 1. The molecule has 0 saturated heterocycles. The maximum absolute atomic E-state index is 12.8. The Morgan fingerprint density at radius 2 is 2.09 bits per heavy atom. The van der Waals surface area contributed by atoms with Crippen molar-refractivity contribution in [1.82, 2.24) is 9.97 Å². The van der Waals surface area contributed by atoms with Crippen LogP contribution in [0.25, 0.3) is 0 Å². The van der Waals surface area contributed by atoms with E-state index in [0.29, 0.717) is 24.2 Å². The highest BCUT2D eigenvalue weighted by Crippen LogP contribution is 2.29. The van der Waals surface area contributed by atoms with E-state index >= 15 is 0 Å². The monoisotopic (exact) mass is 294 g/mol. The van der Waals surface area contributed by atoms with Gasteiger partial charge in [0, 0.05) is 24.0 Å². The summed E-state index contributed by atoms with van der Waals surface area (Å²) in [6, 6.07) is 10.3. The van der Waals surface area contributed by atoms with Gasteiger partial charge in [-0.3, -0.25) is 4.79 Å². The van der Waals surface area contributed by atoms with Gasteiger partial charge in [0.25, 0.3) is 5.91 Å². The smallest absolute Gasteiger partial charge is 0.277 e. The van der Waals surface area contributed by atoms with Gasteiger partial charge in [0.2, 0.25) is 5.95 Å². The van der Waals surface area contributed by atoms with Gasteiger partial charge < -0.3 is 10.2 Å². The number of para-hydroxylation sites is 1. The van der Waals surface area contributed by atoms with Crippen LogP contribution in [0.4, 0.5) is 11.6 Å². The molecule has 2 heterocycles. The van der Waals surface area contributed by atoms with Crippen LogP contribution in [-0.4, -0.2) is 28.5 Å². The number of nitrogens with zero attached hydrogens (tertiary/aromatic N) is 3. The van der Waals surface area contributed by atoms with Crippen molar-refractivity contribution >= 4 is 17.5 Å². The Bertz CT molecular complexity index is 739. The van der Waals surface area contributed by atoms with Crippen LogP contribution in [0.2, 0.25) is 0 Å². The number of hydrogen-bond acceptors (Lipinski definition) is 4. The highest BCUT2D eigenvalue weighted by molar-refractivity contribution is 6.06. The molecule has 5 heteroatoms. The van der Waals surface area contributed by atoms with Gasteiger partial charge in [-0.1, -0.05) is 18.2 Å². The predicted molar refractivity (Wildman–Crippen MR) is 85.2 cm³/mol. The van der Waals surface area contributed by atoms with E-state index in [-0.39, 0.29) is 5.91 Å². The third-order valence-corrected chi connectivity index (χ3v) is 4.12. The summed E-state index contributed by atoms with van der Waals surface area (Å²) in [5.74, 6) is 0.521. The molecule has 0 radical (unpaired) electrons. The van der Waals surface area contributed by atoms with E-state index in [9.17, 15) is 4.79 Å². The molecule has 0 spiro atoms. The fourth-order valence-corrected chi connectivity index (χ4v) is 2.84. The minimum atomic E-state index is -0.0469. The van der Waals surface area contributed by atoms with Crippen molar-refractivity contribution in [3.63, 3.8) is 0 Å². The van der Waals surface area contributed by atoms with Crippen LogP contribution in [-0.2, 0) is 6.42 Å². The van der Waals surface area contributed by atoms with Gasteiger partial charge in [-0.25, -0.2) is 9.97 Å². The molecule has 1 aliphatic carbocycles. The Kier molecular flexibility index (Phi) is 3.06. The second-order valence-corrected chi connectivity index (χ2v) is 5.97. The molecule has 0 unspecified atom stereocenters. The minimum absolute atomic E-state index is 0.0469. The summed E-state index contributed by atoms with van der Waals surface area (Å²) < 4.78 is 0. The third-order valence-electron chi connectivity index (χ3n) is 4.12. The molecule has 2 aliphatic rings. The normalized spacial score (nSPS) is 16.5. The van der Waals surface area contributed by atoms with Crippen LogP contribution in [0, 0.1) is 6.92 Å². The zero-order valence-electron chi connectivity index (χ0n) is 12.5. The number of aryl methyl sites for hydroxylation is 1. The number of nitrogens with one attached hydrogen (secondary N) is 1. The number of anilines is 2. The molecule has 1 fully saturated rings. The van der Waals surface area contributed by atoms with E-state index in [4.69, 9.17) is 0 Å². The molecule has 1 amide bonds. The fraction of sp³-hybridized carbons (Fsp3) is 0.353. The quantitative estimate of drug-likeness (QED) is 0.945. The SMILES string of the molecule is Cc1cc(C(=O)N2CCc3ccccc32)nc(NC2CC2)n1. The lowest BCUT2D eigenvalue weighted by Gasteiger charge is -2.17. The van der Waals surface area contributed by atoms with Gasteiger partial charge in [-0.05, 0) is 43.9 Å². The third kappa shape index (κ3) is 2.43. The van der Waals surface area contributed by atoms with E-state index in [1.165, 1.54) is 5.56 Å². The Hall–Kier alpha value is -2.43. The van der Waals surface area contributed by atoms with Crippen molar-refractivity contribution in [2.75, 3.05) is 16.8 Å². The summed E-state index contributed by atoms with van der Waals surface area (Å²) in [4.78, 5) is 23.4. The molecule has 1 N–H and O–H groups in total. The average Bonchev–Trinajstić information content (AvgIpc) is 3.22. The van der Waals surface area contributed by atoms with Crippen LogP contribution in [0.3, 0.4) is 0 Å². The Morgan fingerprint density at radius 1 is 1.27 bits per heavy atom. The molecule has 0 atom stereocenters. The first-order valence-corrected chi connectivity index (χ1v) is 7.73. The molecule has 1 aromatic carbocycles. The number of amides is 1. The van der Waals surface area contributed by atoms with Crippen molar-refractivity contribution in [1.29, 1.82) is 0 Å². The molecule has 4 rings (SSSR count). The van der Waals surface area contributed by atoms with Crippen LogP contribution < -0.4 is 10.2 Å². The highest BCUT2D eigenvalue weighted by Gasteiger charge is 2.27. The van der Waals surface area contributed by atoms with E-state index < -0.39 is 0 Å². The van der Waals surface area contributed by atoms with Gasteiger partial charge >= 0.3 is 0 Å². The van der Waals surface area contributed by atoms with Gasteiger partial charge in [-0.2, -0.15) is 0 Å².